The highest BCUT2D eigenvalue weighted by atomic mass is 32.1. The first-order valence-electron chi connectivity index (χ1n) is 13.2. The number of carbonyl (C=O) groups is 1. The number of rotatable bonds is 6. The van der Waals surface area contributed by atoms with E-state index in [1.54, 1.807) is 7.11 Å². The quantitative estimate of drug-likeness (QED) is 0.574. The summed E-state index contributed by atoms with van der Waals surface area (Å²) in [7, 11) is 1.70. The third kappa shape index (κ3) is 6.16. The lowest BCUT2D eigenvalue weighted by molar-refractivity contribution is 0.0457. The molecule has 2 amide bonds. The molecule has 0 bridgehead atoms. The highest BCUT2D eigenvalue weighted by molar-refractivity contribution is 7.14. The number of nitrogens with zero attached hydrogens (tertiary/aromatic N) is 3. The fraction of sp³-hybridized carbons (Fsp3) is 0.630. The Bertz CT molecular complexity index is 977. The molecule has 5 rings (SSSR count). The molecule has 1 N–H and O–H groups in total. The molecule has 0 atom stereocenters. The Balaban J connectivity index is 1.18. The maximum atomic E-state index is 12.9. The van der Waals surface area contributed by atoms with E-state index in [1.807, 2.05) is 10.3 Å². The van der Waals surface area contributed by atoms with Crippen molar-refractivity contribution in [2.75, 3.05) is 58.4 Å². The molecule has 2 saturated heterocycles. The SMILES string of the molecule is COc1ccc(C2CCCCC2)cc1-c1csc(NC(=O)N2CCN(CC3CCOCC3)CC2)n1. The van der Waals surface area contributed by atoms with Gasteiger partial charge in [-0.15, -0.1) is 11.3 Å². The van der Waals surface area contributed by atoms with Gasteiger partial charge in [0.05, 0.1) is 12.8 Å². The fourth-order valence-corrected chi connectivity index (χ4v) is 6.37. The van der Waals surface area contributed by atoms with Gasteiger partial charge in [0, 0.05) is 56.9 Å². The predicted octanol–water partition coefficient (Wildman–Crippen LogP) is 5.44. The van der Waals surface area contributed by atoms with Gasteiger partial charge < -0.3 is 14.4 Å². The van der Waals surface area contributed by atoms with Gasteiger partial charge in [0.2, 0.25) is 0 Å². The van der Waals surface area contributed by atoms with Crippen molar-refractivity contribution < 1.29 is 14.3 Å². The van der Waals surface area contributed by atoms with Crippen LogP contribution in [0.1, 0.15) is 56.4 Å². The van der Waals surface area contributed by atoms with Crippen molar-refractivity contribution >= 4 is 22.5 Å². The molecule has 1 saturated carbocycles. The van der Waals surface area contributed by atoms with E-state index < -0.39 is 0 Å². The van der Waals surface area contributed by atoms with E-state index in [-0.39, 0.29) is 6.03 Å². The van der Waals surface area contributed by atoms with Gasteiger partial charge >= 0.3 is 6.03 Å². The van der Waals surface area contributed by atoms with Crippen LogP contribution >= 0.6 is 11.3 Å². The van der Waals surface area contributed by atoms with Crippen LogP contribution in [0.25, 0.3) is 11.3 Å². The standard InChI is InChI=1S/C27H38N4O3S/c1-33-25-8-7-22(21-5-3-2-4-6-21)17-23(25)24-19-35-26(28-24)29-27(32)31-13-11-30(12-14-31)18-20-9-15-34-16-10-20/h7-8,17,19-21H,2-6,9-16,18H2,1H3,(H,28,29,32). The topological polar surface area (TPSA) is 66.9 Å². The van der Waals surface area contributed by atoms with Crippen LogP contribution in [0.15, 0.2) is 23.6 Å². The summed E-state index contributed by atoms with van der Waals surface area (Å²) in [5.41, 5.74) is 3.24. The number of anilines is 1. The number of benzene rings is 1. The highest BCUT2D eigenvalue weighted by Crippen LogP contribution is 2.38. The molecule has 190 valence electrons. The van der Waals surface area contributed by atoms with Gasteiger partial charge in [-0.05, 0) is 55.2 Å². The number of amides is 2. The van der Waals surface area contributed by atoms with E-state index in [0.29, 0.717) is 11.0 Å². The van der Waals surface area contributed by atoms with Crippen LogP contribution < -0.4 is 10.1 Å². The lowest BCUT2D eigenvalue weighted by Gasteiger charge is -2.37. The number of aromatic nitrogens is 1. The van der Waals surface area contributed by atoms with E-state index in [2.05, 4.69) is 28.4 Å². The number of ether oxygens (including phenoxy) is 2. The summed E-state index contributed by atoms with van der Waals surface area (Å²) in [5.74, 6) is 2.18. The molecule has 0 radical (unpaired) electrons. The minimum atomic E-state index is -0.0560. The summed E-state index contributed by atoms with van der Waals surface area (Å²) < 4.78 is 11.1. The van der Waals surface area contributed by atoms with Crippen molar-refractivity contribution in [2.45, 2.75) is 50.9 Å². The van der Waals surface area contributed by atoms with E-state index in [4.69, 9.17) is 14.5 Å². The number of piperazine rings is 1. The minimum Gasteiger partial charge on any atom is -0.496 e. The zero-order valence-corrected chi connectivity index (χ0v) is 21.7. The van der Waals surface area contributed by atoms with Gasteiger partial charge in [-0.1, -0.05) is 25.3 Å². The van der Waals surface area contributed by atoms with Crippen LogP contribution in [0.4, 0.5) is 9.93 Å². The molecule has 35 heavy (non-hydrogen) atoms. The molecule has 1 aromatic carbocycles. The van der Waals surface area contributed by atoms with Gasteiger partial charge in [-0.3, -0.25) is 10.2 Å². The van der Waals surface area contributed by atoms with Gasteiger partial charge in [0.25, 0.3) is 0 Å². The first-order chi connectivity index (χ1) is 17.2. The van der Waals surface area contributed by atoms with Crippen LogP contribution in [0.3, 0.4) is 0 Å². The smallest absolute Gasteiger partial charge is 0.323 e. The zero-order chi connectivity index (χ0) is 24.0. The number of hydrogen-bond acceptors (Lipinski definition) is 6. The summed E-state index contributed by atoms with van der Waals surface area (Å²) in [6, 6.07) is 6.46. The third-order valence-electron chi connectivity index (χ3n) is 7.81. The first-order valence-corrected chi connectivity index (χ1v) is 14.1. The van der Waals surface area contributed by atoms with Gasteiger partial charge in [-0.2, -0.15) is 0 Å². The van der Waals surface area contributed by atoms with E-state index in [9.17, 15) is 4.79 Å². The average molecular weight is 499 g/mol. The number of methoxy groups -OCH3 is 1. The number of urea groups is 1. The monoisotopic (exact) mass is 498 g/mol. The molecule has 3 aliphatic rings. The number of nitrogens with one attached hydrogen (secondary N) is 1. The Hall–Kier alpha value is -2.16. The maximum absolute atomic E-state index is 12.9. The third-order valence-corrected chi connectivity index (χ3v) is 8.57. The van der Waals surface area contributed by atoms with Gasteiger partial charge in [0.1, 0.15) is 5.75 Å². The van der Waals surface area contributed by atoms with E-state index in [1.165, 1.54) is 49.0 Å². The second-order valence-corrected chi connectivity index (χ2v) is 11.0. The fourth-order valence-electron chi connectivity index (χ4n) is 5.67. The minimum absolute atomic E-state index is 0.0560. The highest BCUT2D eigenvalue weighted by Gasteiger charge is 2.25. The molecule has 7 nitrogen and oxygen atoms in total. The first kappa shape index (κ1) is 24.5. The van der Waals surface area contributed by atoms with Crippen LogP contribution in [-0.2, 0) is 4.74 Å². The van der Waals surface area contributed by atoms with Crippen LogP contribution in [0.2, 0.25) is 0 Å². The molecule has 3 heterocycles. The molecule has 0 spiro atoms. The second-order valence-electron chi connectivity index (χ2n) is 10.1. The van der Waals surface area contributed by atoms with Crippen molar-refractivity contribution in [3.63, 3.8) is 0 Å². The van der Waals surface area contributed by atoms with Crippen molar-refractivity contribution in [3.8, 4) is 17.0 Å². The summed E-state index contributed by atoms with van der Waals surface area (Å²) in [4.78, 5) is 22.1. The Morgan fingerprint density at radius 1 is 1.11 bits per heavy atom. The second kappa shape index (κ2) is 11.7. The summed E-state index contributed by atoms with van der Waals surface area (Å²) in [6.45, 7) is 6.27. The zero-order valence-electron chi connectivity index (χ0n) is 20.8. The number of thiazole rings is 1. The average Bonchev–Trinajstić information content (AvgIpc) is 3.38. The molecular weight excluding hydrogens is 460 g/mol. The Morgan fingerprint density at radius 3 is 2.63 bits per heavy atom. The van der Waals surface area contributed by atoms with Crippen LogP contribution in [0, 0.1) is 5.92 Å². The van der Waals surface area contributed by atoms with Crippen LogP contribution in [-0.4, -0.2) is 73.9 Å². The van der Waals surface area contributed by atoms with Crippen molar-refractivity contribution in [3.05, 3.63) is 29.1 Å². The van der Waals surface area contributed by atoms with Crippen LogP contribution in [0.5, 0.6) is 5.75 Å². The van der Waals surface area contributed by atoms with Crippen molar-refractivity contribution in [2.24, 2.45) is 5.92 Å². The molecule has 0 unspecified atom stereocenters. The molecule has 1 aliphatic carbocycles. The Morgan fingerprint density at radius 2 is 1.89 bits per heavy atom. The predicted molar refractivity (Wildman–Crippen MR) is 141 cm³/mol. The largest absolute Gasteiger partial charge is 0.496 e. The maximum Gasteiger partial charge on any atom is 0.323 e. The lowest BCUT2D eigenvalue weighted by Crippen LogP contribution is -2.51. The van der Waals surface area contributed by atoms with E-state index in [0.717, 1.165) is 81.7 Å². The molecule has 3 fully saturated rings. The van der Waals surface area contributed by atoms with Crippen molar-refractivity contribution in [1.29, 1.82) is 0 Å². The summed E-state index contributed by atoms with van der Waals surface area (Å²) in [6.07, 6.45) is 8.78. The number of carbonyl (C=O) groups excluding carboxylic acids is 1. The normalized spacial score (nSPS) is 20.7. The summed E-state index contributed by atoms with van der Waals surface area (Å²) in [5, 5.41) is 5.69. The summed E-state index contributed by atoms with van der Waals surface area (Å²) >= 11 is 1.47. The van der Waals surface area contributed by atoms with Gasteiger partial charge in [0.15, 0.2) is 5.13 Å². The number of hydrogen-bond donors (Lipinski definition) is 1. The Kier molecular flexibility index (Phi) is 8.21. The molecule has 1 aromatic heterocycles. The van der Waals surface area contributed by atoms with E-state index >= 15 is 0 Å². The lowest BCUT2D eigenvalue weighted by atomic mass is 9.83. The Labute approximate surface area is 212 Å². The molecule has 2 aliphatic heterocycles. The molecular formula is C27H38N4O3S. The van der Waals surface area contributed by atoms with Crippen molar-refractivity contribution in [1.82, 2.24) is 14.8 Å². The van der Waals surface area contributed by atoms with Gasteiger partial charge in [-0.25, -0.2) is 9.78 Å². The molecule has 8 heteroatoms. The molecule has 2 aromatic rings.